The van der Waals surface area contributed by atoms with Crippen LogP contribution < -0.4 is 0 Å². The van der Waals surface area contributed by atoms with Crippen LogP contribution in [-0.2, 0) is 4.79 Å². The first kappa shape index (κ1) is 7.54. The molecule has 0 amide bonds. The molecule has 2 fully saturated rings. The molecule has 0 aromatic heterocycles. The summed E-state index contributed by atoms with van der Waals surface area (Å²) in [6.45, 7) is 2.24. The van der Waals surface area contributed by atoms with Crippen molar-refractivity contribution in [3.05, 3.63) is 0 Å². The molecule has 0 aliphatic carbocycles. The Morgan fingerprint density at radius 1 is 1.36 bits per heavy atom. The zero-order valence-electron chi connectivity index (χ0n) is 6.68. The van der Waals surface area contributed by atoms with E-state index in [0.717, 1.165) is 25.7 Å². The second-order valence-electron chi connectivity index (χ2n) is 4.07. The molecular weight excluding hydrogens is 159 g/mol. The van der Waals surface area contributed by atoms with Crippen LogP contribution in [0.25, 0.3) is 0 Å². The highest BCUT2D eigenvalue weighted by Crippen LogP contribution is 2.65. The van der Waals surface area contributed by atoms with Gasteiger partial charge in [-0.1, -0.05) is 15.5 Å². The van der Waals surface area contributed by atoms with E-state index in [1.807, 2.05) is 0 Å². The Kier molecular flexibility index (Phi) is 1.36. The fraction of sp³-hybridized carbons (Fsp3) is 0.875. The molecule has 11 heavy (non-hydrogen) atoms. The maximum absolute atomic E-state index is 10.9. The molecule has 2 saturated heterocycles. The minimum atomic E-state index is -0.544. The summed E-state index contributed by atoms with van der Waals surface area (Å²) in [5.41, 5.74) is 0. The third-order valence-corrected chi connectivity index (χ3v) is 5.45. The van der Waals surface area contributed by atoms with Crippen molar-refractivity contribution in [2.45, 2.75) is 42.9 Å². The van der Waals surface area contributed by atoms with Gasteiger partial charge in [0.25, 0.3) is 0 Å². The molecule has 2 aliphatic rings. The predicted octanol–water partition coefficient (Wildman–Crippen LogP) is 1.83. The number of fused-ring (bicyclic) bond motifs is 2. The Hall–Kier alpha value is -0.100. The van der Waals surface area contributed by atoms with Crippen LogP contribution in [0.2, 0.25) is 0 Å². The number of aliphatic carboxylic acids is 1. The Bertz CT molecular complexity index is 204. The Morgan fingerprint density at radius 3 is 2.09 bits per heavy atom. The monoisotopic (exact) mass is 172 g/mol. The van der Waals surface area contributed by atoms with E-state index in [1.165, 1.54) is 0 Å². The quantitative estimate of drug-likeness (QED) is 0.612. The molecule has 0 radical (unpaired) electrons. The van der Waals surface area contributed by atoms with Gasteiger partial charge in [0.15, 0.2) is 0 Å². The van der Waals surface area contributed by atoms with Gasteiger partial charge in [0.1, 0.15) is 0 Å². The summed E-state index contributed by atoms with van der Waals surface area (Å²) < 4.78 is 0. The summed E-state index contributed by atoms with van der Waals surface area (Å²) in [6, 6.07) is 0. The summed E-state index contributed by atoms with van der Waals surface area (Å²) in [5.74, 6) is -0.544. The van der Waals surface area contributed by atoms with Gasteiger partial charge in [0, 0.05) is 0 Å². The van der Waals surface area contributed by atoms with Crippen molar-refractivity contribution in [2.75, 3.05) is 0 Å². The molecule has 0 saturated carbocycles. The van der Waals surface area contributed by atoms with Crippen molar-refractivity contribution in [2.24, 2.45) is 0 Å². The smallest absolute Gasteiger partial charge is 0.313 e. The number of hydrogen-bond acceptors (Lipinski definition) is 1. The first-order valence-corrected chi connectivity index (χ1v) is 5.09. The SMILES string of the molecule is CC12CCC(C(=O)O)(CC1)P2. The van der Waals surface area contributed by atoms with E-state index in [2.05, 4.69) is 6.92 Å². The molecule has 0 aromatic rings. The third kappa shape index (κ3) is 0.921. The van der Waals surface area contributed by atoms with Gasteiger partial charge in [0.05, 0.1) is 5.16 Å². The number of rotatable bonds is 1. The minimum Gasteiger partial charge on any atom is -0.481 e. The summed E-state index contributed by atoms with van der Waals surface area (Å²) in [7, 11) is 0.671. The number of hydrogen-bond donors (Lipinski definition) is 1. The fourth-order valence-electron chi connectivity index (χ4n) is 2.32. The number of carboxylic acid groups (broad SMARTS) is 1. The van der Waals surface area contributed by atoms with Crippen molar-refractivity contribution in [1.29, 1.82) is 0 Å². The number of carbonyl (C=O) groups is 1. The van der Waals surface area contributed by atoms with Crippen LogP contribution in [0.3, 0.4) is 0 Å². The average molecular weight is 172 g/mol. The fourth-order valence-corrected chi connectivity index (χ4v) is 4.59. The van der Waals surface area contributed by atoms with Gasteiger partial charge in [-0.15, -0.1) is 0 Å². The molecule has 1 atom stereocenters. The Morgan fingerprint density at radius 2 is 1.91 bits per heavy atom. The molecule has 2 aliphatic heterocycles. The van der Waals surface area contributed by atoms with E-state index in [1.54, 1.807) is 0 Å². The lowest BCUT2D eigenvalue weighted by molar-refractivity contribution is -0.140. The van der Waals surface area contributed by atoms with Gasteiger partial charge < -0.3 is 5.11 Å². The molecule has 3 heteroatoms. The van der Waals surface area contributed by atoms with Crippen LogP contribution in [0.15, 0.2) is 0 Å². The van der Waals surface area contributed by atoms with Crippen LogP contribution in [0, 0.1) is 0 Å². The molecule has 1 unspecified atom stereocenters. The van der Waals surface area contributed by atoms with E-state index >= 15 is 0 Å². The lowest BCUT2D eigenvalue weighted by atomic mass is 9.83. The van der Waals surface area contributed by atoms with E-state index in [9.17, 15) is 4.79 Å². The van der Waals surface area contributed by atoms with Gasteiger partial charge in [-0.05, 0) is 30.8 Å². The number of carboxylic acids is 1. The molecule has 2 heterocycles. The average Bonchev–Trinajstić information content (AvgIpc) is 2.42. The van der Waals surface area contributed by atoms with Crippen molar-refractivity contribution in [3.8, 4) is 0 Å². The maximum atomic E-state index is 10.9. The highest BCUT2D eigenvalue weighted by molar-refractivity contribution is 7.44. The minimum absolute atomic E-state index is 0.283. The van der Waals surface area contributed by atoms with E-state index in [-0.39, 0.29) is 5.16 Å². The molecule has 0 spiro atoms. The highest BCUT2D eigenvalue weighted by atomic mass is 31.1. The Balaban J connectivity index is 2.27. The molecule has 1 N–H and O–H groups in total. The Labute approximate surface area is 68.2 Å². The van der Waals surface area contributed by atoms with Crippen molar-refractivity contribution in [1.82, 2.24) is 0 Å². The van der Waals surface area contributed by atoms with Crippen molar-refractivity contribution in [3.63, 3.8) is 0 Å². The molecule has 2 rings (SSSR count). The predicted molar refractivity (Wildman–Crippen MR) is 45.6 cm³/mol. The van der Waals surface area contributed by atoms with Crippen molar-refractivity contribution >= 4 is 14.6 Å². The highest BCUT2D eigenvalue weighted by Gasteiger charge is 2.55. The van der Waals surface area contributed by atoms with Crippen LogP contribution in [0.5, 0.6) is 0 Å². The molecule has 0 aromatic carbocycles. The van der Waals surface area contributed by atoms with Crippen LogP contribution in [0.1, 0.15) is 32.6 Å². The van der Waals surface area contributed by atoms with Crippen LogP contribution >= 0.6 is 8.58 Å². The summed E-state index contributed by atoms with van der Waals surface area (Å²) in [4.78, 5) is 10.9. The topological polar surface area (TPSA) is 37.3 Å². The first-order chi connectivity index (χ1) is 5.06. The first-order valence-electron chi connectivity index (χ1n) is 4.09. The van der Waals surface area contributed by atoms with Crippen molar-refractivity contribution < 1.29 is 9.90 Å². The van der Waals surface area contributed by atoms with E-state index in [0.29, 0.717) is 13.7 Å². The van der Waals surface area contributed by atoms with E-state index in [4.69, 9.17) is 5.11 Å². The lowest BCUT2D eigenvalue weighted by Crippen LogP contribution is -2.30. The largest absolute Gasteiger partial charge is 0.481 e. The van der Waals surface area contributed by atoms with Gasteiger partial charge in [-0.2, -0.15) is 0 Å². The van der Waals surface area contributed by atoms with E-state index < -0.39 is 5.97 Å². The maximum Gasteiger partial charge on any atom is 0.313 e. The summed E-state index contributed by atoms with van der Waals surface area (Å²) in [5, 5.41) is 9.13. The molecule has 62 valence electrons. The van der Waals surface area contributed by atoms with Crippen LogP contribution in [-0.4, -0.2) is 21.4 Å². The van der Waals surface area contributed by atoms with Crippen LogP contribution in [0.4, 0.5) is 0 Å². The standard InChI is InChI=1S/C8H13O2P/c1-7-2-4-8(11-7,5-3-7)6(9)10/h11H,2-5H2,1H3,(H,9,10). The summed E-state index contributed by atoms with van der Waals surface area (Å²) in [6.07, 6.45) is 4.13. The van der Waals surface area contributed by atoms with Gasteiger partial charge >= 0.3 is 5.97 Å². The van der Waals surface area contributed by atoms with Gasteiger partial charge in [-0.3, -0.25) is 4.79 Å². The zero-order valence-corrected chi connectivity index (χ0v) is 7.68. The third-order valence-electron chi connectivity index (χ3n) is 3.16. The van der Waals surface area contributed by atoms with Gasteiger partial charge in [-0.25, -0.2) is 0 Å². The second-order valence-corrected chi connectivity index (χ2v) is 6.49. The second kappa shape index (κ2) is 1.98. The zero-order chi connectivity index (χ0) is 8.11. The summed E-state index contributed by atoms with van der Waals surface area (Å²) >= 11 is 0. The molecule has 2 nitrogen and oxygen atoms in total. The molecule has 2 bridgehead atoms. The lowest BCUT2D eigenvalue weighted by Gasteiger charge is -2.20. The normalized spacial score (nSPS) is 50.3. The van der Waals surface area contributed by atoms with Gasteiger partial charge in [0.2, 0.25) is 0 Å². The molecular formula is C8H13O2P.